The monoisotopic (exact) mass is 731 g/mol. The van der Waals surface area contributed by atoms with Gasteiger partial charge in [0.15, 0.2) is 6.71 Å². The van der Waals surface area contributed by atoms with Gasteiger partial charge in [-0.05, 0) is 112 Å². The Balaban J connectivity index is 1.14. The van der Waals surface area contributed by atoms with Crippen molar-refractivity contribution in [3.8, 4) is 0 Å². The Morgan fingerprint density at radius 2 is 1.67 bits per heavy atom. The van der Waals surface area contributed by atoms with Gasteiger partial charge >= 0.3 is 0 Å². The van der Waals surface area contributed by atoms with Crippen LogP contribution in [-0.4, -0.2) is 45.6 Å². The standard InChI is InChI=1S/C49H58BN3S/c1-48(2)49(29-16-7-17-30-49)39-27-18-28-40-46(39)53(48)43-32-38(51(35-21-10-4-11-22-35)36-23-12-5-13-24-36)31-42-45(43)50(40)41-33-44(34-19-8-3-9-20-34)54-47(41)52(42)37-25-14-6-15-26-37/h3-4,6,8-12,14-15,19-21,23-26,31,35,39-41,43-44,46-47H,5,7,13,16-18,22,27-30,32-33H2,1-2H3. The second-order valence-electron chi connectivity index (χ2n) is 18.7. The van der Waals surface area contributed by atoms with Crippen molar-refractivity contribution >= 4 is 24.2 Å². The van der Waals surface area contributed by atoms with Crippen molar-refractivity contribution in [1.82, 2.24) is 9.80 Å². The van der Waals surface area contributed by atoms with Crippen LogP contribution in [0.2, 0.25) is 11.6 Å². The second-order valence-corrected chi connectivity index (χ2v) is 20.0. The van der Waals surface area contributed by atoms with Gasteiger partial charge < -0.3 is 9.80 Å². The van der Waals surface area contributed by atoms with Gasteiger partial charge in [-0.25, -0.2) is 0 Å². The van der Waals surface area contributed by atoms with E-state index in [0.717, 1.165) is 37.4 Å². The third-order valence-corrected chi connectivity index (χ3v) is 17.9. The molecule has 4 heterocycles. The highest BCUT2D eigenvalue weighted by Crippen LogP contribution is 2.71. The van der Waals surface area contributed by atoms with Crippen molar-refractivity contribution in [3.05, 3.63) is 137 Å². The summed E-state index contributed by atoms with van der Waals surface area (Å²) in [6.07, 6.45) is 36.8. The molecule has 278 valence electrons. The predicted octanol–water partition coefficient (Wildman–Crippen LogP) is 12.0. The molecule has 0 N–H and O–H groups in total. The number of anilines is 1. The predicted molar refractivity (Wildman–Crippen MR) is 228 cm³/mol. The summed E-state index contributed by atoms with van der Waals surface area (Å²) in [6.45, 7) is 6.14. The lowest BCUT2D eigenvalue weighted by molar-refractivity contribution is -0.00147. The first-order valence-electron chi connectivity index (χ1n) is 21.8. The largest absolute Gasteiger partial charge is 0.338 e. The lowest BCUT2D eigenvalue weighted by Gasteiger charge is -2.61. The molecular weight excluding hydrogens is 673 g/mol. The highest BCUT2D eigenvalue weighted by Gasteiger charge is 2.72. The Bertz CT molecular complexity index is 1950. The van der Waals surface area contributed by atoms with E-state index in [4.69, 9.17) is 0 Å². The van der Waals surface area contributed by atoms with Gasteiger partial charge in [-0.3, -0.25) is 4.90 Å². The Labute approximate surface area is 329 Å². The Kier molecular flexibility index (Phi) is 8.36. The molecule has 11 rings (SSSR count). The summed E-state index contributed by atoms with van der Waals surface area (Å²) in [7, 11) is 0. The molecule has 4 aliphatic heterocycles. The normalized spacial score (nSPS) is 35.7. The van der Waals surface area contributed by atoms with Crippen LogP contribution in [0.15, 0.2) is 132 Å². The van der Waals surface area contributed by atoms with Crippen molar-refractivity contribution in [2.75, 3.05) is 4.90 Å². The zero-order chi connectivity index (χ0) is 36.0. The Hall–Kier alpha value is -3.15. The molecule has 0 amide bonds. The summed E-state index contributed by atoms with van der Waals surface area (Å²) in [4.78, 5) is 8.95. The minimum atomic E-state index is 0.176. The summed E-state index contributed by atoms with van der Waals surface area (Å²) >= 11 is 2.29. The summed E-state index contributed by atoms with van der Waals surface area (Å²) in [6, 6.07) is 24.7. The first-order valence-corrected chi connectivity index (χ1v) is 22.8. The van der Waals surface area contributed by atoms with E-state index in [0.29, 0.717) is 46.7 Å². The Morgan fingerprint density at radius 3 is 2.43 bits per heavy atom. The third kappa shape index (κ3) is 4.98. The fourth-order valence-electron chi connectivity index (χ4n) is 14.3. The molecule has 2 aromatic carbocycles. The van der Waals surface area contributed by atoms with Crippen LogP contribution in [0.1, 0.15) is 108 Å². The molecule has 0 radical (unpaired) electrons. The van der Waals surface area contributed by atoms with Gasteiger partial charge in [0.25, 0.3) is 0 Å². The molecular formula is C49H58BN3S. The van der Waals surface area contributed by atoms with Crippen LogP contribution in [0.3, 0.4) is 0 Å². The van der Waals surface area contributed by atoms with Crippen LogP contribution < -0.4 is 4.90 Å². The first-order chi connectivity index (χ1) is 26.5. The van der Waals surface area contributed by atoms with E-state index in [1.807, 2.05) is 5.47 Å². The topological polar surface area (TPSA) is 9.72 Å². The molecule has 0 aromatic heterocycles. The maximum atomic E-state index is 3.27. The molecule has 3 saturated heterocycles. The zero-order valence-electron chi connectivity index (χ0n) is 32.5. The number of thioether (sulfide) groups is 1. The number of para-hydroxylation sites is 1. The number of benzene rings is 2. The van der Waals surface area contributed by atoms with Crippen LogP contribution in [0, 0.1) is 11.3 Å². The highest BCUT2D eigenvalue weighted by atomic mass is 32.2. The van der Waals surface area contributed by atoms with E-state index < -0.39 is 0 Å². The van der Waals surface area contributed by atoms with Gasteiger partial charge in [0, 0.05) is 52.1 Å². The van der Waals surface area contributed by atoms with Crippen LogP contribution >= 0.6 is 11.8 Å². The van der Waals surface area contributed by atoms with Crippen molar-refractivity contribution in [3.63, 3.8) is 0 Å². The van der Waals surface area contributed by atoms with E-state index in [1.54, 1.807) is 5.70 Å². The van der Waals surface area contributed by atoms with Gasteiger partial charge in [0.2, 0.25) is 0 Å². The van der Waals surface area contributed by atoms with Gasteiger partial charge in [-0.15, -0.1) is 11.8 Å². The van der Waals surface area contributed by atoms with Gasteiger partial charge in [-0.1, -0.05) is 123 Å². The average Bonchev–Trinajstić information content (AvgIpc) is 3.74. The molecule has 5 fully saturated rings. The summed E-state index contributed by atoms with van der Waals surface area (Å²) in [5.74, 6) is 2.25. The molecule has 1 spiro atoms. The van der Waals surface area contributed by atoms with Gasteiger partial charge in [-0.2, -0.15) is 0 Å². The van der Waals surface area contributed by atoms with Crippen LogP contribution in [0.25, 0.3) is 0 Å². The minimum Gasteiger partial charge on any atom is -0.338 e. The van der Waals surface area contributed by atoms with Gasteiger partial charge in [0.05, 0.1) is 11.4 Å². The summed E-state index contributed by atoms with van der Waals surface area (Å²) in [5.41, 5.74) is 9.84. The molecule has 54 heavy (non-hydrogen) atoms. The number of hydrogen-bond donors (Lipinski definition) is 0. The second kappa shape index (κ2) is 13.2. The molecule has 5 aliphatic carbocycles. The Morgan fingerprint density at radius 1 is 0.852 bits per heavy atom. The maximum absolute atomic E-state index is 3.27. The number of rotatable bonds is 5. The number of nitrogens with zero attached hydrogens (tertiary/aromatic N) is 3. The first kappa shape index (κ1) is 34.1. The molecule has 0 bridgehead atoms. The maximum Gasteiger partial charge on any atom is 0.186 e. The fourth-order valence-corrected chi connectivity index (χ4v) is 16.1. The van der Waals surface area contributed by atoms with Crippen molar-refractivity contribution in [2.24, 2.45) is 11.3 Å². The van der Waals surface area contributed by atoms with Gasteiger partial charge in [0.1, 0.15) is 0 Å². The van der Waals surface area contributed by atoms with E-state index >= 15 is 0 Å². The molecule has 9 aliphatic rings. The number of allylic oxidation sites excluding steroid dienone is 6. The van der Waals surface area contributed by atoms with Crippen LogP contribution in [-0.2, 0) is 0 Å². The average molecular weight is 732 g/mol. The van der Waals surface area contributed by atoms with E-state index in [9.17, 15) is 0 Å². The lowest BCUT2D eigenvalue weighted by atomic mass is 9.23. The highest BCUT2D eigenvalue weighted by molar-refractivity contribution is 8.00. The van der Waals surface area contributed by atoms with E-state index in [-0.39, 0.29) is 5.54 Å². The van der Waals surface area contributed by atoms with E-state index in [1.165, 1.54) is 80.4 Å². The fraction of sp³-hybridized carbons (Fsp3) is 0.510. The molecule has 2 aromatic rings. The van der Waals surface area contributed by atoms with Crippen LogP contribution in [0.5, 0.6) is 0 Å². The molecule has 3 nitrogen and oxygen atoms in total. The minimum absolute atomic E-state index is 0.176. The molecule has 8 atom stereocenters. The van der Waals surface area contributed by atoms with Crippen LogP contribution in [0.4, 0.5) is 5.69 Å². The molecule has 8 unspecified atom stereocenters. The summed E-state index contributed by atoms with van der Waals surface area (Å²) in [5, 5.41) is 0.966. The molecule has 2 saturated carbocycles. The van der Waals surface area contributed by atoms with Crippen molar-refractivity contribution in [2.45, 2.75) is 143 Å². The third-order valence-electron chi connectivity index (χ3n) is 16.3. The molecule has 5 heteroatoms. The lowest BCUT2D eigenvalue weighted by Crippen LogP contribution is -2.66. The quantitative estimate of drug-likeness (QED) is 0.283. The van der Waals surface area contributed by atoms with Crippen molar-refractivity contribution < 1.29 is 0 Å². The SMILES string of the molecule is CC1(C)N2C3CC(N(C4=CCCC=C4)C4C=CC=CC4)=CC4=C3B(C3CC(c5ccccc5)SC3N4c3ccccc3)C3CCCC(C32)C12CCCCC2. The van der Waals surface area contributed by atoms with Crippen molar-refractivity contribution in [1.29, 1.82) is 0 Å². The zero-order valence-corrected chi connectivity index (χ0v) is 33.3. The number of hydrogen-bond acceptors (Lipinski definition) is 4. The summed E-state index contributed by atoms with van der Waals surface area (Å²) < 4.78 is 0. The smallest absolute Gasteiger partial charge is 0.186 e. The van der Waals surface area contributed by atoms with E-state index in [2.05, 4.69) is 150 Å². The number of fused-ring (bicyclic) bond motifs is 5.